The Morgan fingerprint density at radius 2 is 2.00 bits per heavy atom. The maximum atomic E-state index is 11.7. The van der Waals surface area contributed by atoms with E-state index >= 15 is 0 Å². The van der Waals surface area contributed by atoms with E-state index in [4.69, 9.17) is 4.74 Å². The highest BCUT2D eigenvalue weighted by Crippen LogP contribution is 2.17. The fourth-order valence-corrected chi connectivity index (χ4v) is 1.93. The summed E-state index contributed by atoms with van der Waals surface area (Å²) in [4.78, 5) is 24.4. The summed E-state index contributed by atoms with van der Waals surface area (Å²) in [7, 11) is 0. The molecule has 90 valence electrons. The molecule has 1 amide bonds. The van der Waals surface area contributed by atoms with Crippen LogP contribution >= 0.6 is 15.9 Å². The number of amides is 1. The second-order valence-corrected chi connectivity index (χ2v) is 4.80. The summed E-state index contributed by atoms with van der Waals surface area (Å²) >= 11 is 3.30. The van der Waals surface area contributed by atoms with Gasteiger partial charge >= 0.3 is 6.09 Å². The van der Waals surface area contributed by atoms with Gasteiger partial charge in [0.2, 0.25) is 0 Å². The molecule has 1 heterocycles. The minimum Gasteiger partial charge on any atom is -0.410 e. The number of nitrogens with zero attached hydrogens (tertiary/aromatic N) is 1. The van der Waals surface area contributed by atoms with Crippen molar-refractivity contribution in [1.29, 1.82) is 0 Å². The third kappa shape index (κ3) is 3.30. The molecule has 0 spiro atoms. The Bertz CT molecular complexity index is 430. The number of halogens is 1. The first-order valence-electron chi connectivity index (χ1n) is 5.39. The van der Waals surface area contributed by atoms with E-state index in [1.54, 1.807) is 24.3 Å². The van der Waals surface area contributed by atoms with Crippen molar-refractivity contribution in [3.8, 4) is 5.75 Å². The Morgan fingerprint density at radius 3 is 2.65 bits per heavy atom. The number of benzene rings is 1. The van der Waals surface area contributed by atoms with E-state index in [1.807, 2.05) is 0 Å². The van der Waals surface area contributed by atoms with E-state index in [-0.39, 0.29) is 12.3 Å². The zero-order valence-electron chi connectivity index (χ0n) is 9.19. The maximum Gasteiger partial charge on any atom is 0.415 e. The Kier molecular flexibility index (Phi) is 3.78. The van der Waals surface area contributed by atoms with Gasteiger partial charge in [0.05, 0.1) is 6.54 Å². The molecule has 0 bridgehead atoms. The predicted octanol–water partition coefficient (Wildman–Crippen LogP) is 2.61. The smallest absolute Gasteiger partial charge is 0.410 e. The summed E-state index contributed by atoms with van der Waals surface area (Å²) in [6.07, 6.45) is 0.816. The van der Waals surface area contributed by atoms with E-state index < -0.39 is 6.09 Å². The van der Waals surface area contributed by atoms with Crippen LogP contribution in [0.25, 0.3) is 0 Å². The molecule has 1 aromatic rings. The lowest BCUT2D eigenvalue weighted by atomic mass is 10.1. The maximum absolute atomic E-state index is 11.7. The fourth-order valence-electron chi connectivity index (χ4n) is 1.66. The molecule has 1 aliphatic rings. The minimum absolute atomic E-state index is 0.0870. The quantitative estimate of drug-likeness (QED) is 0.800. The van der Waals surface area contributed by atoms with Gasteiger partial charge in [0, 0.05) is 17.4 Å². The average Bonchev–Trinajstić information content (AvgIpc) is 2.32. The lowest BCUT2D eigenvalue weighted by molar-refractivity contribution is -0.121. The largest absolute Gasteiger partial charge is 0.415 e. The van der Waals surface area contributed by atoms with Gasteiger partial charge in [0.25, 0.3) is 0 Å². The molecule has 2 rings (SSSR count). The van der Waals surface area contributed by atoms with Crippen molar-refractivity contribution >= 4 is 27.8 Å². The van der Waals surface area contributed by atoms with Crippen molar-refractivity contribution in [1.82, 2.24) is 4.90 Å². The lowest BCUT2D eigenvalue weighted by Crippen LogP contribution is -2.41. The molecule has 0 unspecified atom stereocenters. The van der Waals surface area contributed by atoms with Crippen LogP contribution in [0.1, 0.15) is 12.8 Å². The Balaban J connectivity index is 1.96. The van der Waals surface area contributed by atoms with Crippen LogP contribution in [-0.2, 0) is 4.79 Å². The normalized spacial score (nSPS) is 15.8. The van der Waals surface area contributed by atoms with Gasteiger partial charge in [-0.2, -0.15) is 0 Å². The predicted molar refractivity (Wildman–Crippen MR) is 66.0 cm³/mol. The van der Waals surface area contributed by atoms with Crippen LogP contribution in [0.5, 0.6) is 5.75 Å². The molecule has 1 saturated heterocycles. The van der Waals surface area contributed by atoms with Crippen molar-refractivity contribution < 1.29 is 14.3 Å². The van der Waals surface area contributed by atoms with Crippen molar-refractivity contribution in [3.05, 3.63) is 28.7 Å². The highest BCUT2D eigenvalue weighted by molar-refractivity contribution is 9.10. The molecule has 0 saturated carbocycles. The number of hydrogen-bond donors (Lipinski definition) is 0. The molecule has 4 nitrogen and oxygen atoms in total. The zero-order valence-corrected chi connectivity index (χ0v) is 10.8. The number of likely N-dealkylation sites (tertiary alicyclic amines) is 1. The number of hydrogen-bond acceptors (Lipinski definition) is 3. The van der Waals surface area contributed by atoms with E-state index in [9.17, 15) is 9.59 Å². The van der Waals surface area contributed by atoms with E-state index in [0.29, 0.717) is 25.1 Å². The first-order valence-corrected chi connectivity index (χ1v) is 6.18. The van der Waals surface area contributed by atoms with Crippen LogP contribution in [0.15, 0.2) is 28.7 Å². The third-order valence-corrected chi connectivity index (χ3v) is 3.06. The lowest BCUT2D eigenvalue weighted by Gasteiger charge is -2.24. The molecule has 0 N–H and O–H groups in total. The minimum atomic E-state index is -0.458. The second kappa shape index (κ2) is 5.31. The molecule has 0 aromatic heterocycles. The molecule has 1 fully saturated rings. The summed E-state index contributed by atoms with van der Waals surface area (Å²) in [5, 5.41) is 0. The highest BCUT2D eigenvalue weighted by atomic mass is 79.9. The molecule has 0 radical (unpaired) electrons. The number of carbonyl (C=O) groups is 2. The van der Waals surface area contributed by atoms with E-state index in [0.717, 1.165) is 4.47 Å². The van der Waals surface area contributed by atoms with E-state index in [1.165, 1.54) is 4.90 Å². The van der Waals surface area contributed by atoms with Gasteiger partial charge in [-0.05, 0) is 30.7 Å². The summed E-state index contributed by atoms with van der Waals surface area (Å²) < 4.78 is 6.09. The van der Waals surface area contributed by atoms with Gasteiger partial charge in [0.1, 0.15) is 5.75 Å². The van der Waals surface area contributed by atoms with Gasteiger partial charge < -0.3 is 9.64 Å². The topological polar surface area (TPSA) is 46.6 Å². The number of Topliss-reactive ketones (excluding diaryl/α,β-unsaturated/α-hetero) is 1. The van der Waals surface area contributed by atoms with Gasteiger partial charge in [-0.1, -0.05) is 15.9 Å². The third-order valence-electron chi connectivity index (χ3n) is 2.53. The monoisotopic (exact) mass is 297 g/mol. The molecular formula is C12H12BrNO3. The molecule has 1 aliphatic heterocycles. The molecule has 17 heavy (non-hydrogen) atoms. The van der Waals surface area contributed by atoms with Crippen LogP contribution in [-0.4, -0.2) is 29.9 Å². The molecule has 1 aromatic carbocycles. The Hall–Kier alpha value is -1.36. The number of rotatable bonds is 1. The summed E-state index contributed by atoms with van der Waals surface area (Å²) in [5.41, 5.74) is 0. The second-order valence-electron chi connectivity index (χ2n) is 3.89. The number of carbonyl (C=O) groups excluding carboxylic acids is 2. The summed E-state index contributed by atoms with van der Waals surface area (Å²) in [6, 6.07) is 7.00. The van der Waals surface area contributed by atoms with Gasteiger partial charge in [0.15, 0.2) is 5.78 Å². The van der Waals surface area contributed by atoms with Crippen molar-refractivity contribution in [2.75, 3.05) is 13.1 Å². The van der Waals surface area contributed by atoms with Crippen molar-refractivity contribution in [2.24, 2.45) is 0 Å². The Morgan fingerprint density at radius 1 is 1.29 bits per heavy atom. The number of piperidine rings is 1. The number of ether oxygens (including phenoxy) is 1. The first kappa shape index (κ1) is 12.1. The van der Waals surface area contributed by atoms with Crippen LogP contribution in [0.3, 0.4) is 0 Å². The van der Waals surface area contributed by atoms with Crippen LogP contribution < -0.4 is 4.74 Å². The standard InChI is InChI=1S/C12H12BrNO3/c13-9-3-5-11(6-4-9)17-12(16)14-7-1-2-10(15)8-14/h3-6H,1-2,7-8H2. The van der Waals surface area contributed by atoms with Crippen molar-refractivity contribution in [2.45, 2.75) is 12.8 Å². The SMILES string of the molecule is O=C1CCCN(C(=O)Oc2ccc(Br)cc2)C1. The van der Waals surface area contributed by atoms with Crippen LogP contribution in [0.4, 0.5) is 4.79 Å². The van der Waals surface area contributed by atoms with Crippen LogP contribution in [0, 0.1) is 0 Å². The molecular weight excluding hydrogens is 286 g/mol. The highest BCUT2D eigenvalue weighted by Gasteiger charge is 2.22. The van der Waals surface area contributed by atoms with Gasteiger partial charge in [-0.3, -0.25) is 4.79 Å². The van der Waals surface area contributed by atoms with Gasteiger partial charge in [-0.15, -0.1) is 0 Å². The first-order chi connectivity index (χ1) is 8.15. The zero-order chi connectivity index (χ0) is 12.3. The van der Waals surface area contributed by atoms with Gasteiger partial charge in [-0.25, -0.2) is 4.79 Å². The average molecular weight is 298 g/mol. The van der Waals surface area contributed by atoms with Crippen LogP contribution in [0.2, 0.25) is 0 Å². The molecule has 0 atom stereocenters. The molecule has 5 heteroatoms. The molecule has 0 aliphatic carbocycles. The summed E-state index contributed by atoms with van der Waals surface area (Å²) in [5.74, 6) is 0.570. The van der Waals surface area contributed by atoms with Crippen molar-refractivity contribution in [3.63, 3.8) is 0 Å². The number of ketones is 1. The van der Waals surface area contributed by atoms with E-state index in [2.05, 4.69) is 15.9 Å². The Labute approximate surface area is 108 Å². The summed E-state index contributed by atoms with van der Waals surface area (Å²) in [6.45, 7) is 0.746. The fraction of sp³-hybridized carbons (Fsp3) is 0.333.